The summed E-state index contributed by atoms with van der Waals surface area (Å²) < 4.78 is 76.6. The molecule has 0 saturated heterocycles. The number of rotatable bonds is 6. The van der Waals surface area contributed by atoms with Crippen LogP contribution in [0, 0.1) is 12.1 Å². The second-order valence-electron chi connectivity index (χ2n) is 26.9. The van der Waals surface area contributed by atoms with Crippen LogP contribution < -0.4 is 23.5 Å². The van der Waals surface area contributed by atoms with Crippen LogP contribution in [0.5, 0.6) is 5.75 Å². The second-order valence-corrected chi connectivity index (χ2v) is 26.9. The normalized spacial score (nSPS) is 15.2. The minimum Gasteiger partial charge on any atom is -0.527 e. The number of hydrogen-bond acceptors (Lipinski definition) is 6. The van der Waals surface area contributed by atoms with Crippen molar-refractivity contribution in [1.82, 2.24) is 29.3 Å². The zero-order valence-corrected chi connectivity index (χ0v) is 61.1. The molecule has 1 unspecified atom stereocenters. The van der Waals surface area contributed by atoms with Gasteiger partial charge in [0.15, 0.2) is 12.7 Å². The number of hydrogen-bond donors (Lipinski definition) is 0. The molecule has 5 aromatic heterocycles. The maximum absolute atomic E-state index is 7.98. The van der Waals surface area contributed by atoms with Crippen molar-refractivity contribution in [3.63, 3.8) is 0 Å². The van der Waals surface area contributed by atoms with Gasteiger partial charge in [-0.3, -0.25) is 4.98 Å². The number of pyridine rings is 3. The van der Waals surface area contributed by atoms with Crippen molar-refractivity contribution in [2.45, 2.75) is 99.1 Å². The first-order chi connectivity index (χ1) is 53.8. The molecule has 1 atom stereocenters. The van der Waals surface area contributed by atoms with Gasteiger partial charge in [-0.2, -0.15) is 9.13 Å². The Balaban J connectivity index is 0.000000113. The van der Waals surface area contributed by atoms with E-state index in [4.69, 9.17) is 20.8 Å². The second kappa shape index (κ2) is 30.7. The van der Waals surface area contributed by atoms with Crippen molar-refractivity contribution < 1.29 is 49.6 Å². The summed E-state index contributed by atoms with van der Waals surface area (Å²) in [5, 5.41) is 10.2. The van der Waals surface area contributed by atoms with Gasteiger partial charge in [0.1, 0.15) is 44.7 Å². The van der Waals surface area contributed by atoms with Gasteiger partial charge in [-0.25, -0.2) is 4.57 Å². The topological polar surface area (TPSA) is 75.9 Å². The maximum Gasteiger partial charge on any atom is 0.294 e. The van der Waals surface area contributed by atoms with Crippen LogP contribution in [0.1, 0.15) is 122 Å². The van der Waals surface area contributed by atoms with E-state index >= 15 is 0 Å². The Kier molecular flexibility index (Phi) is 17.8. The van der Waals surface area contributed by atoms with Crippen molar-refractivity contribution in [2.75, 3.05) is 4.90 Å². The first-order valence-corrected chi connectivity index (χ1v) is 35.1. The van der Waals surface area contributed by atoms with Crippen LogP contribution in [0.3, 0.4) is 0 Å². The number of para-hydroxylation sites is 3. The molecule has 7 aliphatic rings. The van der Waals surface area contributed by atoms with E-state index in [0.717, 1.165) is 58.9 Å². The predicted molar refractivity (Wildman–Crippen MR) is 420 cm³/mol. The Bertz CT molecular complexity index is 6020. The van der Waals surface area contributed by atoms with Crippen LogP contribution in [0.25, 0.3) is 77.7 Å². The molecule has 0 saturated carbocycles. The molecule has 7 aliphatic heterocycles. The summed E-state index contributed by atoms with van der Waals surface area (Å²) in [6.45, 7) is 19.3. The van der Waals surface area contributed by atoms with E-state index in [1.807, 2.05) is 84.9 Å². The van der Waals surface area contributed by atoms with Gasteiger partial charge in [0.2, 0.25) is 11.2 Å². The van der Waals surface area contributed by atoms with E-state index in [-0.39, 0.29) is 81.7 Å². The SMILES string of the molecule is C.C1=CC2=CN3c4ccccc4CC3N2C=C1.C=C1Oc2ccccc2[C-]=C1c1ccccn1.CC(C)c1cccc(C(C)C)c1-n1cc[n+]2c1-c1ccccc1C2.CC(C)n1nc2c3ccccc3c3cccc4c3c2[n+]1C4.[2H]c1c([2H])c([2H])c2c(c1[2H])C[n+]1c([2H])c([2H])c([2H])c([2H])c1-2.[Ir].[c-]1ccccc1-c1ccccn1. The van der Waals surface area contributed by atoms with Crippen molar-refractivity contribution in [2.24, 2.45) is 0 Å². The standard InChI is InChI=1S/C22H25N2.C18H16N3.C15H10NO.C14H12N2.C12H10N.C11H8N.CH4.Ir/c1-15(2)18-10-7-11-19(16(3)4)21(18)24-13-12-23-14-17-8-5-6-9-20(17)22(23)24;1-11(2)21-19-17-15-8-4-3-7-13(15)14-9-5-6-12-10-20(21)18(17)16(12)14;1-11-13(14-7-4-5-9-16-14)10-12-6-2-3-8-15(12)17-11;1-2-7-13-11(5-1)9-14-15-8-4-3-6-12(15)10-16(13)14;1-2-6-11-10(5-1)9-13-8-4-3-7-12(11)13;1-2-6-10(7-3-1)11-8-4-5-9-12-11;;/h5-13,15-16H,14H2,1-4H3;3-9,11H,10H2,1-2H3;2-9H,1H2;1-8,10,14H,9H2;1-8H,9H2;1-6,8-9H;1H4;/q2*+1;-1;;+1;-1;;/i;;;;1D,2D,3D,4D,5D,6D,7D,8D;;;. The smallest absolute Gasteiger partial charge is 0.294 e. The molecule has 0 N–H and O–H groups in total. The molecule has 0 spiro atoms. The van der Waals surface area contributed by atoms with Crippen LogP contribution in [-0.4, -0.2) is 35.5 Å². The number of benzene rings is 9. The van der Waals surface area contributed by atoms with Crippen molar-refractivity contribution in [3.8, 4) is 45.3 Å². The third-order valence-corrected chi connectivity index (χ3v) is 19.4. The molecule has 0 fully saturated rings. The van der Waals surface area contributed by atoms with Crippen LogP contribution in [0.15, 0.2) is 316 Å². The molecular weight excluding hydrogens is 1470 g/mol. The van der Waals surface area contributed by atoms with E-state index < -0.39 is 12.1 Å². The van der Waals surface area contributed by atoms with Gasteiger partial charge in [-0.15, -0.1) is 52.7 Å². The van der Waals surface area contributed by atoms with Gasteiger partial charge in [0, 0.05) is 118 Å². The summed E-state index contributed by atoms with van der Waals surface area (Å²) in [5.74, 6) is 3.68. The van der Waals surface area contributed by atoms with Crippen LogP contribution in [0.2, 0.25) is 0 Å². The molecular formula is C93H85IrN10O+. The molecule has 12 heterocycles. The first kappa shape index (κ1) is 60.8. The Morgan fingerprint density at radius 3 is 2.06 bits per heavy atom. The number of nitrogens with zero attached hydrogens (tertiary/aromatic N) is 10. The van der Waals surface area contributed by atoms with Crippen LogP contribution in [-0.2, 0) is 46.2 Å². The van der Waals surface area contributed by atoms with E-state index in [9.17, 15) is 0 Å². The quantitative estimate of drug-likeness (QED) is 0.0938. The third-order valence-electron chi connectivity index (χ3n) is 19.4. The molecule has 521 valence electrons. The fourth-order valence-electron chi connectivity index (χ4n) is 14.6. The summed E-state index contributed by atoms with van der Waals surface area (Å²) in [6, 6.07) is 67.8. The summed E-state index contributed by atoms with van der Waals surface area (Å²) in [6.07, 6.45) is 23.4. The Labute approximate surface area is 641 Å². The Morgan fingerprint density at radius 1 is 0.610 bits per heavy atom. The van der Waals surface area contributed by atoms with Crippen LogP contribution in [0.4, 0.5) is 5.69 Å². The molecule has 0 amide bonds. The molecule has 12 heteroatoms. The van der Waals surface area contributed by atoms with Gasteiger partial charge in [0.25, 0.3) is 11.3 Å². The van der Waals surface area contributed by atoms with Gasteiger partial charge in [-0.05, 0) is 107 Å². The van der Waals surface area contributed by atoms with Crippen molar-refractivity contribution in [1.29, 1.82) is 0 Å². The van der Waals surface area contributed by atoms with E-state index in [1.54, 1.807) is 12.4 Å². The summed E-state index contributed by atoms with van der Waals surface area (Å²) >= 11 is 0. The van der Waals surface area contributed by atoms with Gasteiger partial charge < -0.3 is 19.5 Å². The van der Waals surface area contributed by atoms with Crippen molar-refractivity contribution >= 4 is 43.8 Å². The number of allylic oxidation sites excluding steroid dienone is 4. The number of aromatic nitrogens is 8. The average molecular weight is 1560 g/mol. The minimum absolute atomic E-state index is 0. The van der Waals surface area contributed by atoms with Gasteiger partial charge in [-0.1, -0.05) is 211 Å². The van der Waals surface area contributed by atoms with E-state index in [0.29, 0.717) is 35.4 Å². The van der Waals surface area contributed by atoms with Gasteiger partial charge >= 0.3 is 0 Å². The Morgan fingerprint density at radius 2 is 1.29 bits per heavy atom. The van der Waals surface area contributed by atoms with Crippen molar-refractivity contribution in [3.05, 3.63) is 373 Å². The van der Waals surface area contributed by atoms with Gasteiger partial charge in [0.05, 0.1) is 37.9 Å². The van der Waals surface area contributed by atoms with E-state index in [2.05, 4.69) is 251 Å². The third kappa shape index (κ3) is 13.7. The maximum atomic E-state index is 7.98. The number of anilines is 1. The largest absolute Gasteiger partial charge is 0.527 e. The molecule has 9 aromatic carbocycles. The van der Waals surface area contributed by atoms with Crippen LogP contribution >= 0.6 is 0 Å². The van der Waals surface area contributed by atoms with E-state index in [1.165, 1.54) is 87.9 Å². The molecule has 21 rings (SSSR count). The molecule has 14 aromatic rings. The zero-order valence-electron chi connectivity index (χ0n) is 66.7. The Hall–Kier alpha value is -11.7. The number of fused-ring (bicyclic) bond motifs is 15. The number of ether oxygens (including phenoxy) is 1. The molecule has 0 aliphatic carbocycles. The molecule has 11 nitrogen and oxygen atoms in total. The zero-order chi connectivity index (χ0) is 77.0. The summed E-state index contributed by atoms with van der Waals surface area (Å²) in [4.78, 5) is 15.4. The molecule has 105 heavy (non-hydrogen) atoms. The molecule has 0 bridgehead atoms. The first-order valence-electron chi connectivity index (χ1n) is 39.1. The predicted octanol–water partition coefficient (Wildman–Crippen LogP) is 19.6. The summed E-state index contributed by atoms with van der Waals surface area (Å²) in [7, 11) is 0. The number of imidazole rings is 1. The average Bonchev–Trinajstić information content (AvgIpc) is 1.55. The minimum atomic E-state index is -0.411. The monoisotopic (exact) mass is 1560 g/mol. The molecule has 1 radical (unpaired) electrons. The summed E-state index contributed by atoms with van der Waals surface area (Å²) in [5.41, 5.74) is 20.1. The fourth-order valence-corrected chi connectivity index (χ4v) is 14.6. The fraction of sp³-hybridized carbons (Fsp3) is 0.161.